The van der Waals surface area contributed by atoms with Gasteiger partial charge in [-0.3, -0.25) is 9.59 Å². The first-order chi connectivity index (χ1) is 7.89. The average Bonchev–Trinajstić information content (AvgIpc) is 2.68. The number of nitrogens with zero attached hydrogens (tertiary/aromatic N) is 2. The van der Waals surface area contributed by atoms with E-state index in [1.54, 1.807) is 17.1 Å². The van der Waals surface area contributed by atoms with Gasteiger partial charge in [0.1, 0.15) is 11.5 Å². The molecule has 0 saturated heterocycles. The number of carbonyl (C=O) groups is 2. The summed E-state index contributed by atoms with van der Waals surface area (Å²) in [6, 6.07) is 0. The standard InChI is InChI=1S/C13H18N2O2/c1-13(2)5-4-11(16)9(6-13)12(17)10-7-15(3)8-14-10/h7-9H,4-6H2,1-3H3. The zero-order valence-corrected chi connectivity index (χ0v) is 10.6. The first-order valence-electron chi connectivity index (χ1n) is 5.94. The number of hydrogen-bond donors (Lipinski definition) is 0. The molecule has 0 spiro atoms. The summed E-state index contributed by atoms with van der Waals surface area (Å²) in [4.78, 5) is 28.1. The molecule has 0 radical (unpaired) electrons. The van der Waals surface area contributed by atoms with Gasteiger partial charge < -0.3 is 4.57 Å². The fourth-order valence-electron chi connectivity index (χ4n) is 2.36. The predicted molar refractivity (Wildman–Crippen MR) is 63.7 cm³/mol. The Labute approximate surface area is 101 Å². The third-order valence-electron chi connectivity index (χ3n) is 3.47. The lowest BCUT2D eigenvalue weighted by Gasteiger charge is -2.33. The molecule has 1 saturated carbocycles. The van der Waals surface area contributed by atoms with Gasteiger partial charge in [0.25, 0.3) is 0 Å². The Hall–Kier alpha value is -1.45. The number of ketones is 2. The minimum atomic E-state index is -0.492. The maximum atomic E-state index is 12.2. The van der Waals surface area contributed by atoms with Crippen molar-refractivity contribution in [3.8, 4) is 0 Å². The number of imidazole rings is 1. The number of Topliss-reactive ketones (excluding diaryl/α,β-unsaturated/α-hetero) is 2. The lowest BCUT2D eigenvalue weighted by atomic mass is 9.70. The molecule has 0 aliphatic heterocycles. The van der Waals surface area contributed by atoms with E-state index >= 15 is 0 Å². The lowest BCUT2D eigenvalue weighted by Crippen LogP contribution is -2.35. The van der Waals surface area contributed by atoms with Gasteiger partial charge in [-0.15, -0.1) is 0 Å². The molecule has 1 aliphatic carbocycles. The molecular weight excluding hydrogens is 216 g/mol. The fourth-order valence-corrected chi connectivity index (χ4v) is 2.36. The molecule has 17 heavy (non-hydrogen) atoms. The van der Waals surface area contributed by atoms with Gasteiger partial charge in [-0.1, -0.05) is 13.8 Å². The molecule has 0 N–H and O–H groups in total. The molecule has 4 nitrogen and oxygen atoms in total. The van der Waals surface area contributed by atoms with Crippen LogP contribution in [0.3, 0.4) is 0 Å². The Morgan fingerprint density at radius 3 is 2.82 bits per heavy atom. The number of carbonyl (C=O) groups excluding carboxylic acids is 2. The van der Waals surface area contributed by atoms with Crippen molar-refractivity contribution in [2.24, 2.45) is 18.4 Å². The van der Waals surface area contributed by atoms with E-state index in [-0.39, 0.29) is 17.0 Å². The highest BCUT2D eigenvalue weighted by molar-refractivity contribution is 6.10. The van der Waals surface area contributed by atoms with Crippen LogP contribution < -0.4 is 0 Å². The van der Waals surface area contributed by atoms with Gasteiger partial charge in [0.05, 0.1) is 12.2 Å². The number of hydrogen-bond acceptors (Lipinski definition) is 3. The summed E-state index contributed by atoms with van der Waals surface area (Å²) in [5.74, 6) is -0.544. The van der Waals surface area contributed by atoms with Crippen molar-refractivity contribution >= 4 is 11.6 Å². The molecule has 1 unspecified atom stereocenters. The summed E-state index contributed by atoms with van der Waals surface area (Å²) in [5.41, 5.74) is 0.479. The first kappa shape index (κ1) is 12.0. The Morgan fingerprint density at radius 2 is 2.24 bits per heavy atom. The number of aromatic nitrogens is 2. The second-order valence-electron chi connectivity index (χ2n) is 5.68. The Bertz CT molecular complexity index is 460. The van der Waals surface area contributed by atoms with Gasteiger partial charge in [-0.2, -0.15) is 0 Å². The molecule has 0 amide bonds. The molecule has 0 aromatic carbocycles. The van der Waals surface area contributed by atoms with Crippen LogP contribution in [0, 0.1) is 11.3 Å². The molecule has 1 aromatic rings. The van der Waals surface area contributed by atoms with Crippen molar-refractivity contribution in [1.82, 2.24) is 9.55 Å². The van der Waals surface area contributed by atoms with Crippen molar-refractivity contribution in [2.45, 2.75) is 33.1 Å². The Morgan fingerprint density at radius 1 is 1.53 bits per heavy atom. The topological polar surface area (TPSA) is 52.0 Å². The molecule has 2 rings (SSSR count). The molecular formula is C13H18N2O2. The SMILES string of the molecule is Cn1cnc(C(=O)C2CC(C)(C)CCC2=O)c1. The van der Waals surface area contributed by atoms with Crippen molar-refractivity contribution in [1.29, 1.82) is 0 Å². The highest BCUT2D eigenvalue weighted by Crippen LogP contribution is 2.37. The summed E-state index contributed by atoms with van der Waals surface area (Å²) < 4.78 is 1.73. The number of aryl methyl sites for hydroxylation is 1. The van der Waals surface area contributed by atoms with Crippen molar-refractivity contribution in [3.05, 3.63) is 18.2 Å². The van der Waals surface area contributed by atoms with Crippen LogP contribution >= 0.6 is 0 Å². The van der Waals surface area contributed by atoms with Gasteiger partial charge in [0.2, 0.25) is 0 Å². The van der Waals surface area contributed by atoms with Crippen LogP contribution in [-0.2, 0) is 11.8 Å². The van der Waals surface area contributed by atoms with E-state index in [0.717, 1.165) is 6.42 Å². The quantitative estimate of drug-likeness (QED) is 0.581. The van der Waals surface area contributed by atoms with E-state index in [1.807, 2.05) is 7.05 Å². The van der Waals surface area contributed by atoms with E-state index in [4.69, 9.17) is 0 Å². The van der Waals surface area contributed by atoms with Gasteiger partial charge in [0.15, 0.2) is 5.78 Å². The Kier molecular flexibility index (Phi) is 2.89. The second-order valence-corrected chi connectivity index (χ2v) is 5.68. The molecule has 1 atom stereocenters. The van der Waals surface area contributed by atoms with Crippen molar-refractivity contribution in [2.75, 3.05) is 0 Å². The predicted octanol–water partition coefficient (Wildman–Crippen LogP) is 2.00. The van der Waals surface area contributed by atoms with Crippen LogP contribution in [0.2, 0.25) is 0 Å². The van der Waals surface area contributed by atoms with E-state index in [9.17, 15) is 9.59 Å². The zero-order chi connectivity index (χ0) is 12.6. The lowest BCUT2D eigenvalue weighted by molar-refractivity contribution is -0.125. The van der Waals surface area contributed by atoms with Gasteiger partial charge in [-0.05, 0) is 18.3 Å². The van der Waals surface area contributed by atoms with E-state index < -0.39 is 5.92 Å². The average molecular weight is 234 g/mol. The van der Waals surface area contributed by atoms with Crippen LogP contribution in [0.25, 0.3) is 0 Å². The smallest absolute Gasteiger partial charge is 0.193 e. The third-order valence-corrected chi connectivity index (χ3v) is 3.47. The molecule has 1 heterocycles. The highest BCUT2D eigenvalue weighted by Gasteiger charge is 2.38. The summed E-state index contributed by atoms with van der Waals surface area (Å²) in [6.45, 7) is 4.22. The van der Waals surface area contributed by atoms with Crippen LogP contribution in [-0.4, -0.2) is 21.1 Å². The zero-order valence-electron chi connectivity index (χ0n) is 10.6. The maximum absolute atomic E-state index is 12.2. The molecule has 92 valence electrons. The number of rotatable bonds is 2. The van der Waals surface area contributed by atoms with Gasteiger partial charge in [-0.25, -0.2) is 4.98 Å². The minimum Gasteiger partial charge on any atom is -0.340 e. The van der Waals surface area contributed by atoms with Crippen molar-refractivity contribution < 1.29 is 9.59 Å². The summed E-state index contributed by atoms with van der Waals surface area (Å²) in [6.07, 6.45) is 5.29. The first-order valence-corrected chi connectivity index (χ1v) is 5.94. The monoisotopic (exact) mass is 234 g/mol. The third kappa shape index (κ3) is 2.46. The second kappa shape index (κ2) is 4.09. The van der Waals surface area contributed by atoms with Crippen LogP contribution in [0.4, 0.5) is 0 Å². The fraction of sp³-hybridized carbons (Fsp3) is 0.615. The van der Waals surface area contributed by atoms with E-state index in [0.29, 0.717) is 18.5 Å². The van der Waals surface area contributed by atoms with Gasteiger partial charge >= 0.3 is 0 Å². The van der Waals surface area contributed by atoms with Crippen molar-refractivity contribution in [3.63, 3.8) is 0 Å². The molecule has 1 aromatic heterocycles. The Balaban J connectivity index is 2.21. The van der Waals surface area contributed by atoms with E-state index in [1.165, 1.54) is 0 Å². The highest BCUT2D eigenvalue weighted by atomic mass is 16.2. The summed E-state index contributed by atoms with van der Waals surface area (Å²) in [7, 11) is 1.82. The molecule has 1 aliphatic rings. The molecule has 0 bridgehead atoms. The molecule has 1 fully saturated rings. The summed E-state index contributed by atoms with van der Waals surface area (Å²) in [5, 5.41) is 0. The normalized spacial score (nSPS) is 23.7. The van der Waals surface area contributed by atoms with Gasteiger partial charge in [0, 0.05) is 19.7 Å². The van der Waals surface area contributed by atoms with E-state index in [2.05, 4.69) is 18.8 Å². The van der Waals surface area contributed by atoms with Crippen LogP contribution in [0.15, 0.2) is 12.5 Å². The van der Waals surface area contributed by atoms with Crippen LogP contribution in [0.1, 0.15) is 43.6 Å². The largest absolute Gasteiger partial charge is 0.340 e. The minimum absolute atomic E-state index is 0.0694. The van der Waals surface area contributed by atoms with Crippen LogP contribution in [0.5, 0.6) is 0 Å². The summed E-state index contributed by atoms with van der Waals surface area (Å²) >= 11 is 0. The molecule has 4 heteroatoms. The maximum Gasteiger partial charge on any atom is 0.193 e.